The molecule has 3 N–H and O–H groups in total. The van der Waals surface area contributed by atoms with Crippen LogP contribution in [-0.2, 0) is 4.79 Å². The van der Waals surface area contributed by atoms with Crippen LogP contribution in [0.25, 0.3) is 0 Å². The van der Waals surface area contributed by atoms with Crippen LogP contribution in [0.4, 0.5) is 4.79 Å². The summed E-state index contributed by atoms with van der Waals surface area (Å²) in [4.78, 5) is 23.5. The summed E-state index contributed by atoms with van der Waals surface area (Å²) in [5.74, 6) is 0.0800. The van der Waals surface area contributed by atoms with Gasteiger partial charge in [0.25, 0.3) is 0 Å². The minimum Gasteiger partial charge on any atom is -0.481 e. The number of aliphatic carboxylic acids is 1. The first-order valence-electron chi connectivity index (χ1n) is 8.42. The number of amides is 2. The second-order valence-corrected chi connectivity index (χ2v) is 7.08. The molecule has 0 aromatic carbocycles. The number of carboxylic acid groups (broad SMARTS) is 1. The first-order valence-corrected chi connectivity index (χ1v) is 8.42. The molecule has 0 aromatic heterocycles. The van der Waals surface area contributed by atoms with Gasteiger partial charge in [-0.2, -0.15) is 0 Å². The topological polar surface area (TPSA) is 78.4 Å². The van der Waals surface area contributed by atoms with Crippen LogP contribution in [0.5, 0.6) is 0 Å². The Balaban J connectivity index is 1.48. The van der Waals surface area contributed by atoms with Crippen LogP contribution in [0.2, 0.25) is 0 Å². The van der Waals surface area contributed by atoms with Gasteiger partial charge in [0.15, 0.2) is 0 Å². The third-order valence-corrected chi connectivity index (χ3v) is 5.78. The van der Waals surface area contributed by atoms with Crippen molar-refractivity contribution >= 4 is 12.0 Å². The van der Waals surface area contributed by atoms with Crippen molar-refractivity contribution in [3.63, 3.8) is 0 Å². The number of hydrogen-bond donors (Lipinski definition) is 3. The quantitative estimate of drug-likeness (QED) is 0.745. The van der Waals surface area contributed by atoms with E-state index in [4.69, 9.17) is 0 Å². The smallest absolute Gasteiger partial charge is 0.315 e. The standard InChI is InChI=1S/C16H26N2O3/c19-15(20)13-11-6-7-12(8-11)14(13)18-16(21)17-9-10-4-2-1-3-5-10/h10-14H,1-9H2,(H,19,20)(H2,17,18,21). The van der Waals surface area contributed by atoms with Crippen molar-refractivity contribution in [2.45, 2.75) is 57.4 Å². The number of carboxylic acids is 1. The average molecular weight is 294 g/mol. The summed E-state index contributed by atoms with van der Waals surface area (Å²) in [6.07, 6.45) is 9.27. The zero-order valence-corrected chi connectivity index (χ0v) is 12.5. The average Bonchev–Trinajstić information content (AvgIpc) is 3.07. The van der Waals surface area contributed by atoms with Gasteiger partial charge in [-0.25, -0.2) is 4.79 Å². The lowest BCUT2D eigenvalue weighted by atomic mass is 9.84. The molecule has 4 unspecified atom stereocenters. The van der Waals surface area contributed by atoms with Gasteiger partial charge >= 0.3 is 12.0 Å². The van der Waals surface area contributed by atoms with Crippen LogP contribution >= 0.6 is 0 Å². The molecule has 3 aliphatic rings. The highest BCUT2D eigenvalue weighted by molar-refractivity contribution is 5.77. The fourth-order valence-electron chi connectivity index (χ4n) is 4.69. The van der Waals surface area contributed by atoms with Gasteiger partial charge in [0.05, 0.1) is 5.92 Å². The van der Waals surface area contributed by atoms with E-state index in [1.807, 2.05) is 0 Å². The zero-order valence-electron chi connectivity index (χ0n) is 12.5. The van der Waals surface area contributed by atoms with E-state index in [0.29, 0.717) is 11.8 Å². The Bertz CT molecular complexity index is 406. The van der Waals surface area contributed by atoms with Gasteiger partial charge in [-0.1, -0.05) is 19.3 Å². The van der Waals surface area contributed by atoms with E-state index in [1.54, 1.807) is 0 Å². The van der Waals surface area contributed by atoms with Gasteiger partial charge in [-0.05, 0) is 49.9 Å². The SMILES string of the molecule is O=C(NCC1CCCCC1)NC1C2CCC(C2)C1C(=O)O. The van der Waals surface area contributed by atoms with Crippen molar-refractivity contribution in [3.8, 4) is 0 Å². The monoisotopic (exact) mass is 294 g/mol. The molecule has 2 bridgehead atoms. The normalized spacial score (nSPS) is 35.6. The molecule has 0 aliphatic heterocycles. The fourth-order valence-corrected chi connectivity index (χ4v) is 4.69. The predicted octanol–water partition coefficient (Wildman–Crippen LogP) is 2.37. The van der Waals surface area contributed by atoms with Gasteiger partial charge in [0, 0.05) is 12.6 Å². The minimum absolute atomic E-state index is 0.174. The number of fused-ring (bicyclic) bond motifs is 2. The van der Waals surface area contributed by atoms with Crippen molar-refractivity contribution < 1.29 is 14.7 Å². The first kappa shape index (κ1) is 14.7. The van der Waals surface area contributed by atoms with Crippen LogP contribution in [0.15, 0.2) is 0 Å². The Morgan fingerprint density at radius 3 is 2.43 bits per heavy atom. The van der Waals surface area contributed by atoms with E-state index in [-0.39, 0.29) is 23.9 Å². The highest BCUT2D eigenvalue weighted by Gasteiger charge is 2.51. The lowest BCUT2D eigenvalue weighted by Gasteiger charge is -2.29. The van der Waals surface area contributed by atoms with Crippen LogP contribution in [0.1, 0.15) is 51.4 Å². The maximum atomic E-state index is 12.1. The summed E-state index contributed by atoms with van der Waals surface area (Å²) in [6, 6.07) is -0.350. The summed E-state index contributed by atoms with van der Waals surface area (Å²) in [5.41, 5.74) is 0. The summed E-state index contributed by atoms with van der Waals surface area (Å²) in [5, 5.41) is 15.3. The Kier molecular flexibility index (Phi) is 4.36. The molecule has 21 heavy (non-hydrogen) atoms. The maximum absolute atomic E-state index is 12.1. The number of carbonyl (C=O) groups excluding carboxylic acids is 1. The second-order valence-electron chi connectivity index (χ2n) is 7.08. The minimum atomic E-state index is -0.750. The molecular formula is C16H26N2O3. The molecule has 0 spiro atoms. The zero-order chi connectivity index (χ0) is 14.8. The Morgan fingerprint density at radius 2 is 1.71 bits per heavy atom. The predicted molar refractivity (Wildman–Crippen MR) is 78.9 cm³/mol. The number of hydrogen-bond acceptors (Lipinski definition) is 2. The highest BCUT2D eigenvalue weighted by atomic mass is 16.4. The van der Waals surface area contributed by atoms with Gasteiger partial charge in [-0.15, -0.1) is 0 Å². The largest absolute Gasteiger partial charge is 0.481 e. The summed E-state index contributed by atoms with van der Waals surface area (Å²) >= 11 is 0. The Hall–Kier alpha value is -1.26. The molecule has 2 amide bonds. The van der Waals surface area contributed by atoms with E-state index in [0.717, 1.165) is 25.8 Å². The molecule has 118 valence electrons. The van der Waals surface area contributed by atoms with E-state index in [2.05, 4.69) is 10.6 Å². The fraction of sp³-hybridized carbons (Fsp3) is 0.875. The molecule has 0 radical (unpaired) electrons. The highest BCUT2D eigenvalue weighted by Crippen LogP contribution is 2.48. The van der Waals surface area contributed by atoms with Crippen molar-refractivity contribution in [2.75, 3.05) is 6.54 Å². The summed E-state index contributed by atoms with van der Waals surface area (Å²) in [6.45, 7) is 0.727. The third-order valence-electron chi connectivity index (χ3n) is 5.78. The molecule has 0 saturated heterocycles. The summed E-state index contributed by atoms with van der Waals surface area (Å²) in [7, 11) is 0. The maximum Gasteiger partial charge on any atom is 0.315 e. The number of nitrogens with one attached hydrogen (secondary N) is 2. The Morgan fingerprint density at radius 1 is 1.00 bits per heavy atom. The molecule has 3 rings (SSSR count). The molecular weight excluding hydrogens is 268 g/mol. The van der Waals surface area contributed by atoms with Crippen molar-refractivity contribution in [1.29, 1.82) is 0 Å². The molecule has 5 heteroatoms. The second kappa shape index (κ2) is 6.24. The molecule has 5 nitrogen and oxygen atoms in total. The van der Waals surface area contributed by atoms with Gasteiger partial charge in [0.1, 0.15) is 0 Å². The number of urea groups is 1. The molecule has 3 fully saturated rings. The molecule has 3 aliphatic carbocycles. The third kappa shape index (κ3) is 3.16. The number of rotatable bonds is 4. The summed E-state index contributed by atoms with van der Waals surface area (Å²) < 4.78 is 0. The van der Waals surface area contributed by atoms with Crippen LogP contribution < -0.4 is 10.6 Å². The molecule has 0 heterocycles. The first-order chi connectivity index (χ1) is 10.1. The molecule has 4 atom stereocenters. The van der Waals surface area contributed by atoms with Crippen LogP contribution in [0, 0.1) is 23.7 Å². The van der Waals surface area contributed by atoms with Crippen molar-refractivity contribution in [3.05, 3.63) is 0 Å². The molecule has 0 aromatic rings. The lowest BCUT2D eigenvalue weighted by Crippen LogP contribution is -2.50. The van der Waals surface area contributed by atoms with Gasteiger partial charge in [0.2, 0.25) is 0 Å². The van der Waals surface area contributed by atoms with Crippen molar-refractivity contribution in [1.82, 2.24) is 10.6 Å². The van der Waals surface area contributed by atoms with Gasteiger partial charge < -0.3 is 15.7 Å². The number of carbonyl (C=O) groups is 2. The van der Waals surface area contributed by atoms with E-state index < -0.39 is 5.97 Å². The van der Waals surface area contributed by atoms with Gasteiger partial charge in [-0.3, -0.25) is 4.79 Å². The molecule has 3 saturated carbocycles. The van der Waals surface area contributed by atoms with E-state index >= 15 is 0 Å². The van der Waals surface area contributed by atoms with Crippen molar-refractivity contribution in [2.24, 2.45) is 23.7 Å². The lowest BCUT2D eigenvalue weighted by molar-refractivity contribution is -0.144. The van der Waals surface area contributed by atoms with E-state index in [1.165, 1.54) is 32.1 Å². The van der Waals surface area contributed by atoms with E-state index in [9.17, 15) is 14.7 Å². The van der Waals surface area contributed by atoms with Crippen LogP contribution in [0.3, 0.4) is 0 Å². The Labute approximate surface area is 125 Å². The van der Waals surface area contributed by atoms with Crippen LogP contribution in [-0.4, -0.2) is 29.7 Å².